The fourth-order valence-electron chi connectivity index (χ4n) is 4.51. The Balaban J connectivity index is 1.77. The molecule has 4 nitrogen and oxygen atoms in total. The molecule has 0 atom stereocenters. The summed E-state index contributed by atoms with van der Waals surface area (Å²) in [5, 5.41) is 0. The molecule has 0 aliphatic rings. The van der Waals surface area contributed by atoms with E-state index in [0.29, 0.717) is 22.3 Å². The fraction of sp³-hybridized carbons (Fsp3) is 0. The van der Waals surface area contributed by atoms with E-state index in [1.165, 1.54) is 0 Å². The number of rotatable bonds is 7. The minimum Gasteiger partial charge on any atom is -0.744 e. The maximum absolute atomic E-state index is 14.9. The summed E-state index contributed by atoms with van der Waals surface area (Å²) in [4.78, 5) is -2.27. The van der Waals surface area contributed by atoms with Gasteiger partial charge in [-0.15, -0.1) is 0 Å². The van der Waals surface area contributed by atoms with Crippen molar-refractivity contribution in [2.75, 3.05) is 0 Å². The van der Waals surface area contributed by atoms with Gasteiger partial charge in [-0.25, -0.2) is 17.2 Å². The Morgan fingerprint density at radius 3 is 1.39 bits per heavy atom. The molecule has 0 aliphatic carbocycles. The van der Waals surface area contributed by atoms with Crippen LogP contribution in [-0.4, -0.2) is 13.0 Å². The summed E-state index contributed by atoms with van der Waals surface area (Å²) in [5.74, 6) is -11.1. The molecule has 0 unspecified atom stereocenters. The van der Waals surface area contributed by atoms with Gasteiger partial charge < -0.3 is 9.29 Å². The normalized spacial score (nSPS) is 11.3. The zero-order chi connectivity index (χ0) is 29.3. The first-order valence-electron chi connectivity index (χ1n) is 12.1. The Kier molecular flexibility index (Phi) is 7.49. The molecule has 206 valence electrons. The van der Waals surface area contributed by atoms with Gasteiger partial charge in [-0.3, -0.25) is 0 Å². The molecule has 0 aliphatic heterocycles. The highest BCUT2D eigenvalue weighted by atomic mass is 32.2. The SMILES string of the molecule is C=C(Oc1c(F)c(F)c(S(=O)(=O)[O-])c(F)c1F)c1c(-c2ccccc2)cc(-c2ccccc2)cc1-c1ccccc1. The maximum Gasteiger partial charge on any atom is 0.205 e. The van der Waals surface area contributed by atoms with Gasteiger partial charge in [0.25, 0.3) is 0 Å². The second-order valence-corrected chi connectivity index (χ2v) is 10.3. The highest BCUT2D eigenvalue weighted by Crippen LogP contribution is 2.42. The molecule has 0 spiro atoms. The van der Waals surface area contributed by atoms with Gasteiger partial charge in [0.05, 0.1) is 0 Å². The first-order valence-corrected chi connectivity index (χ1v) is 13.5. The van der Waals surface area contributed by atoms with Crippen molar-refractivity contribution in [3.63, 3.8) is 0 Å². The predicted octanol–water partition coefficient (Wildman–Crippen LogP) is 8.20. The lowest BCUT2D eigenvalue weighted by Crippen LogP contribution is -2.12. The summed E-state index contributed by atoms with van der Waals surface area (Å²) in [7, 11) is -5.88. The van der Waals surface area contributed by atoms with E-state index in [1.54, 1.807) is 60.7 Å². The van der Waals surface area contributed by atoms with Gasteiger partial charge in [0.15, 0.2) is 11.6 Å². The van der Waals surface area contributed by atoms with Gasteiger partial charge in [0.1, 0.15) is 20.8 Å². The molecule has 0 aromatic heterocycles. The van der Waals surface area contributed by atoms with Crippen LogP contribution in [0.4, 0.5) is 17.6 Å². The van der Waals surface area contributed by atoms with Crippen molar-refractivity contribution >= 4 is 15.9 Å². The Labute approximate surface area is 233 Å². The van der Waals surface area contributed by atoms with Crippen LogP contribution < -0.4 is 4.74 Å². The molecular formula is C32H19F4O4S-. The van der Waals surface area contributed by atoms with Gasteiger partial charge in [0.2, 0.25) is 17.4 Å². The third-order valence-corrected chi connectivity index (χ3v) is 7.21. The number of halogens is 4. The monoisotopic (exact) mass is 575 g/mol. The third-order valence-electron chi connectivity index (χ3n) is 6.35. The van der Waals surface area contributed by atoms with Crippen LogP contribution in [0.25, 0.3) is 39.1 Å². The van der Waals surface area contributed by atoms with Crippen LogP contribution in [-0.2, 0) is 10.1 Å². The van der Waals surface area contributed by atoms with Crippen LogP contribution in [0.1, 0.15) is 5.56 Å². The van der Waals surface area contributed by atoms with Crippen LogP contribution in [0.15, 0.2) is 115 Å². The molecule has 9 heteroatoms. The molecule has 0 fully saturated rings. The van der Waals surface area contributed by atoms with Crippen molar-refractivity contribution < 1.29 is 35.3 Å². The second kappa shape index (κ2) is 11.0. The first kappa shape index (κ1) is 27.8. The van der Waals surface area contributed by atoms with Gasteiger partial charge in [-0.2, -0.15) is 8.78 Å². The van der Waals surface area contributed by atoms with E-state index in [0.717, 1.165) is 11.1 Å². The van der Waals surface area contributed by atoms with Crippen LogP contribution in [0.2, 0.25) is 0 Å². The zero-order valence-electron chi connectivity index (χ0n) is 21.1. The summed E-state index contributed by atoms with van der Waals surface area (Å²) in [6.07, 6.45) is 0. The van der Waals surface area contributed by atoms with E-state index in [2.05, 4.69) is 6.58 Å². The molecule has 0 saturated carbocycles. The molecule has 5 aromatic carbocycles. The van der Waals surface area contributed by atoms with Crippen molar-refractivity contribution in [2.45, 2.75) is 4.90 Å². The van der Waals surface area contributed by atoms with Crippen molar-refractivity contribution in [1.29, 1.82) is 0 Å². The summed E-state index contributed by atoms with van der Waals surface area (Å²) >= 11 is 0. The minimum absolute atomic E-state index is 0.252. The van der Waals surface area contributed by atoms with E-state index in [1.807, 2.05) is 42.5 Å². The predicted molar refractivity (Wildman–Crippen MR) is 147 cm³/mol. The first-order chi connectivity index (χ1) is 19.6. The topological polar surface area (TPSA) is 66.4 Å². The molecule has 0 saturated heterocycles. The fourth-order valence-corrected chi connectivity index (χ4v) is 5.12. The lowest BCUT2D eigenvalue weighted by atomic mass is 9.87. The average molecular weight is 576 g/mol. The molecule has 41 heavy (non-hydrogen) atoms. The van der Waals surface area contributed by atoms with E-state index in [9.17, 15) is 30.5 Å². The molecular weight excluding hydrogens is 556 g/mol. The van der Waals surface area contributed by atoms with E-state index < -0.39 is 49.8 Å². The number of ether oxygens (including phenoxy) is 1. The molecule has 0 amide bonds. The van der Waals surface area contributed by atoms with E-state index in [4.69, 9.17) is 4.74 Å². The highest BCUT2D eigenvalue weighted by molar-refractivity contribution is 7.85. The van der Waals surface area contributed by atoms with Crippen molar-refractivity contribution in [3.05, 3.63) is 139 Å². The van der Waals surface area contributed by atoms with Crippen LogP contribution in [0.5, 0.6) is 5.75 Å². The van der Waals surface area contributed by atoms with Crippen molar-refractivity contribution in [2.24, 2.45) is 0 Å². The summed E-state index contributed by atoms with van der Waals surface area (Å²) in [6.45, 7) is 3.83. The summed E-state index contributed by atoms with van der Waals surface area (Å²) in [5.41, 5.74) is 4.31. The minimum atomic E-state index is -5.88. The molecule has 0 heterocycles. The molecule has 0 bridgehead atoms. The summed E-state index contributed by atoms with van der Waals surface area (Å²) < 4.78 is 97.9. The van der Waals surface area contributed by atoms with E-state index >= 15 is 0 Å². The van der Waals surface area contributed by atoms with Crippen LogP contribution >= 0.6 is 0 Å². The number of benzene rings is 5. The van der Waals surface area contributed by atoms with Gasteiger partial charge >= 0.3 is 0 Å². The van der Waals surface area contributed by atoms with Crippen molar-refractivity contribution in [3.8, 4) is 39.1 Å². The number of hydrogen-bond acceptors (Lipinski definition) is 4. The zero-order valence-corrected chi connectivity index (χ0v) is 21.9. The molecule has 0 N–H and O–H groups in total. The third kappa shape index (κ3) is 5.37. The average Bonchev–Trinajstić information content (AvgIpc) is 2.98. The maximum atomic E-state index is 14.9. The van der Waals surface area contributed by atoms with Crippen LogP contribution in [0, 0.1) is 23.3 Å². The Morgan fingerprint density at radius 2 is 1.00 bits per heavy atom. The quantitative estimate of drug-likeness (QED) is 0.0849. The highest BCUT2D eigenvalue weighted by Gasteiger charge is 2.31. The molecule has 0 radical (unpaired) electrons. The molecule has 5 aromatic rings. The summed E-state index contributed by atoms with van der Waals surface area (Å²) in [6, 6.07) is 31.0. The Hall–Kier alpha value is -4.73. The second-order valence-electron chi connectivity index (χ2n) is 8.94. The lowest BCUT2D eigenvalue weighted by molar-refractivity contribution is 0.354. The molecule has 5 rings (SSSR count). The van der Waals surface area contributed by atoms with Crippen molar-refractivity contribution in [1.82, 2.24) is 0 Å². The standard InChI is InChI=1S/C32H20F4O4S/c1-19(40-31-27(33)29(35)32(41(37,38)39)30(36)28(31)34)26-24(21-13-7-3-8-14-21)17-23(20-11-5-2-6-12-20)18-25(26)22-15-9-4-10-16-22/h2-18H,1H2,(H,37,38,39)/p-1. The van der Waals surface area contributed by atoms with Crippen LogP contribution in [0.3, 0.4) is 0 Å². The smallest absolute Gasteiger partial charge is 0.205 e. The Morgan fingerprint density at radius 1 is 0.610 bits per heavy atom. The van der Waals surface area contributed by atoms with Gasteiger partial charge in [-0.05, 0) is 45.5 Å². The van der Waals surface area contributed by atoms with E-state index in [-0.39, 0.29) is 5.56 Å². The van der Waals surface area contributed by atoms with Gasteiger partial charge in [-0.1, -0.05) is 97.6 Å². The largest absolute Gasteiger partial charge is 0.744 e. The lowest BCUT2D eigenvalue weighted by Gasteiger charge is -2.21. The van der Waals surface area contributed by atoms with Gasteiger partial charge in [0, 0.05) is 5.56 Å². The Bertz CT molecular complexity index is 1790. The number of hydrogen-bond donors (Lipinski definition) is 0.